The lowest BCUT2D eigenvalue weighted by Crippen LogP contribution is -2.54. The predicted molar refractivity (Wildman–Crippen MR) is 67.1 cm³/mol. The molecule has 17 heavy (non-hydrogen) atoms. The summed E-state index contributed by atoms with van der Waals surface area (Å²) in [6.07, 6.45) is 5.97. The zero-order valence-corrected chi connectivity index (χ0v) is 11.2. The number of rotatable bonds is 6. The van der Waals surface area contributed by atoms with Gasteiger partial charge >= 0.3 is 5.97 Å². The van der Waals surface area contributed by atoms with Crippen LogP contribution in [-0.4, -0.2) is 35.9 Å². The fraction of sp³-hybridized carbons (Fsp3) is 0.923. The average Bonchev–Trinajstić information content (AvgIpc) is 2.30. The second-order valence-electron chi connectivity index (χ2n) is 5.24. The van der Waals surface area contributed by atoms with Crippen LogP contribution in [0.3, 0.4) is 0 Å². The molecule has 100 valence electrons. The van der Waals surface area contributed by atoms with E-state index in [0.29, 0.717) is 18.6 Å². The van der Waals surface area contributed by atoms with Crippen molar-refractivity contribution in [3.63, 3.8) is 0 Å². The summed E-state index contributed by atoms with van der Waals surface area (Å²) < 4.78 is 5.32. The predicted octanol–water partition coefficient (Wildman–Crippen LogP) is 2.18. The first kappa shape index (κ1) is 14.5. The van der Waals surface area contributed by atoms with Crippen molar-refractivity contribution in [2.24, 2.45) is 0 Å². The van der Waals surface area contributed by atoms with Crippen molar-refractivity contribution in [3.8, 4) is 0 Å². The van der Waals surface area contributed by atoms with Gasteiger partial charge < -0.3 is 9.84 Å². The maximum absolute atomic E-state index is 11.3. The first-order valence-corrected chi connectivity index (χ1v) is 6.55. The molecule has 0 aliphatic heterocycles. The Morgan fingerprint density at radius 1 is 1.41 bits per heavy atom. The molecule has 4 heteroatoms. The van der Waals surface area contributed by atoms with Gasteiger partial charge in [-0.3, -0.25) is 10.1 Å². The van der Waals surface area contributed by atoms with Crippen molar-refractivity contribution in [2.75, 3.05) is 7.11 Å². The fourth-order valence-electron chi connectivity index (χ4n) is 2.63. The number of nitrogens with one attached hydrogen (secondary N) is 1. The minimum Gasteiger partial charge on any atom is -0.480 e. The van der Waals surface area contributed by atoms with E-state index < -0.39 is 11.5 Å². The third-order valence-corrected chi connectivity index (χ3v) is 3.75. The molecule has 4 nitrogen and oxygen atoms in total. The van der Waals surface area contributed by atoms with Crippen molar-refractivity contribution in [2.45, 2.75) is 70.1 Å². The van der Waals surface area contributed by atoms with Gasteiger partial charge in [-0.1, -0.05) is 13.3 Å². The first-order chi connectivity index (χ1) is 8.01. The van der Waals surface area contributed by atoms with E-state index in [1.807, 2.05) is 6.92 Å². The highest BCUT2D eigenvalue weighted by atomic mass is 16.5. The van der Waals surface area contributed by atoms with Crippen LogP contribution in [-0.2, 0) is 9.53 Å². The molecule has 1 aliphatic carbocycles. The highest BCUT2D eigenvalue weighted by molar-refractivity contribution is 5.78. The highest BCUT2D eigenvalue weighted by Crippen LogP contribution is 2.24. The van der Waals surface area contributed by atoms with Crippen LogP contribution in [0.5, 0.6) is 0 Å². The summed E-state index contributed by atoms with van der Waals surface area (Å²) >= 11 is 0. The third-order valence-electron chi connectivity index (χ3n) is 3.75. The van der Waals surface area contributed by atoms with E-state index in [0.717, 1.165) is 32.1 Å². The fourth-order valence-corrected chi connectivity index (χ4v) is 2.63. The van der Waals surface area contributed by atoms with Gasteiger partial charge in [0.2, 0.25) is 0 Å². The smallest absolute Gasteiger partial charge is 0.323 e. The zero-order valence-electron chi connectivity index (χ0n) is 11.2. The number of carbonyl (C=O) groups is 1. The van der Waals surface area contributed by atoms with E-state index in [-0.39, 0.29) is 0 Å². The van der Waals surface area contributed by atoms with E-state index in [1.165, 1.54) is 0 Å². The summed E-state index contributed by atoms with van der Waals surface area (Å²) in [6.45, 7) is 3.81. The minimum atomic E-state index is -0.778. The van der Waals surface area contributed by atoms with E-state index in [2.05, 4.69) is 5.32 Å². The van der Waals surface area contributed by atoms with Gasteiger partial charge in [0.1, 0.15) is 5.54 Å². The third kappa shape index (κ3) is 3.96. The number of hydrogen-bond donors (Lipinski definition) is 2. The second kappa shape index (κ2) is 6.36. The monoisotopic (exact) mass is 243 g/mol. The Kier molecular flexibility index (Phi) is 5.40. The summed E-state index contributed by atoms with van der Waals surface area (Å²) in [5.74, 6) is -0.742. The first-order valence-electron chi connectivity index (χ1n) is 6.55. The molecule has 1 unspecified atom stereocenters. The normalized spacial score (nSPS) is 28.6. The topological polar surface area (TPSA) is 58.6 Å². The number of aliphatic carboxylic acids is 1. The minimum absolute atomic E-state index is 0.314. The molecule has 1 saturated carbocycles. The van der Waals surface area contributed by atoms with Crippen LogP contribution >= 0.6 is 0 Å². The molecule has 0 bridgehead atoms. The van der Waals surface area contributed by atoms with Crippen molar-refractivity contribution in [3.05, 3.63) is 0 Å². The van der Waals surface area contributed by atoms with Crippen LogP contribution in [0.25, 0.3) is 0 Å². The highest BCUT2D eigenvalue weighted by Gasteiger charge is 2.35. The summed E-state index contributed by atoms with van der Waals surface area (Å²) in [4.78, 5) is 11.3. The van der Waals surface area contributed by atoms with E-state index >= 15 is 0 Å². The molecular weight excluding hydrogens is 218 g/mol. The molecule has 0 aromatic rings. The molecule has 1 atom stereocenters. The van der Waals surface area contributed by atoms with Gasteiger partial charge in [-0.15, -0.1) is 0 Å². The number of hydrogen-bond acceptors (Lipinski definition) is 3. The van der Waals surface area contributed by atoms with E-state index in [4.69, 9.17) is 4.74 Å². The summed E-state index contributed by atoms with van der Waals surface area (Å²) in [7, 11) is 1.75. The molecule has 0 aromatic carbocycles. The standard InChI is InChI=1S/C13H25NO3/c1-4-9-13(2,12(15)16)14-10-5-7-11(17-3)8-6-10/h10-11,14H,4-9H2,1-3H3,(H,15,16). The van der Waals surface area contributed by atoms with Gasteiger partial charge in [-0.2, -0.15) is 0 Å². The number of ether oxygens (including phenoxy) is 1. The zero-order chi connectivity index (χ0) is 12.9. The van der Waals surface area contributed by atoms with Crippen molar-refractivity contribution in [1.29, 1.82) is 0 Å². The maximum Gasteiger partial charge on any atom is 0.323 e. The Hall–Kier alpha value is -0.610. The molecule has 0 spiro atoms. The second-order valence-corrected chi connectivity index (χ2v) is 5.24. The Balaban J connectivity index is 2.49. The number of carboxylic acids is 1. The summed E-state index contributed by atoms with van der Waals surface area (Å²) in [6, 6.07) is 0.314. The number of methoxy groups -OCH3 is 1. The van der Waals surface area contributed by atoms with Crippen LogP contribution in [0, 0.1) is 0 Å². The SMILES string of the molecule is CCCC(C)(NC1CCC(OC)CC1)C(=O)O. The van der Waals surface area contributed by atoms with Gasteiger partial charge in [0, 0.05) is 13.2 Å². The van der Waals surface area contributed by atoms with E-state index in [9.17, 15) is 9.90 Å². The molecule has 2 N–H and O–H groups in total. The molecule has 1 rings (SSSR count). The average molecular weight is 243 g/mol. The maximum atomic E-state index is 11.3. The van der Waals surface area contributed by atoms with Gasteiger partial charge in [-0.25, -0.2) is 0 Å². The molecule has 0 radical (unpaired) electrons. The Labute approximate surface area is 104 Å². The van der Waals surface area contributed by atoms with Gasteiger partial charge in [0.15, 0.2) is 0 Å². The van der Waals surface area contributed by atoms with Gasteiger partial charge in [0.25, 0.3) is 0 Å². The van der Waals surface area contributed by atoms with Crippen molar-refractivity contribution < 1.29 is 14.6 Å². The Bertz CT molecular complexity index is 249. The number of carboxylic acid groups (broad SMARTS) is 1. The van der Waals surface area contributed by atoms with Crippen LogP contribution in [0.15, 0.2) is 0 Å². The van der Waals surface area contributed by atoms with Crippen molar-refractivity contribution in [1.82, 2.24) is 5.32 Å². The largest absolute Gasteiger partial charge is 0.480 e. The van der Waals surface area contributed by atoms with Gasteiger partial charge in [0.05, 0.1) is 6.10 Å². The molecule has 1 aliphatic rings. The Morgan fingerprint density at radius 2 is 2.00 bits per heavy atom. The molecule has 0 amide bonds. The summed E-state index contributed by atoms with van der Waals surface area (Å²) in [5.41, 5.74) is -0.778. The van der Waals surface area contributed by atoms with Gasteiger partial charge in [-0.05, 0) is 39.0 Å². The van der Waals surface area contributed by atoms with Crippen LogP contribution < -0.4 is 5.32 Å². The molecule has 0 saturated heterocycles. The Morgan fingerprint density at radius 3 is 2.41 bits per heavy atom. The molecule has 1 fully saturated rings. The van der Waals surface area contributed by atoms with Crippen LogP contribution in [0.4, 0.5) is 0 Å². The van der Waals surface area contributed by atoms with Crippen LogP contribution in [0.2, 0.25) is 0 Å². The lowest BCUT2D eigenvalue weighted by atomic mass is 9.88. The molecule has 0 heterocycles. The molecule has 0 aromatic heterocycles. The van der Waals surface area contributed by atoms with E-state index in [1.54, 1.807) is 14.0 Å². The quantitative estimate of drug-likeness (QED) is 0.750. The molecular formula is C13H25NO3. The lowest BCUT2D eigenvalue weighted by Gasteiger charge is -2.35. The van der Waals surface area contributed by atoms with Crippen molar-refractivity contribution >= 4 is 5.97 Å². The van der Waals surface area contributed by atoms with Crippen LogP contribution in [0.1, 0.15) is 52.4 Å². The lowest BCUT2D eigenvalue weighted by molar-refractivity contribution is -0.145. The summed E-state index contributed by atoms with van der Waals surface area (Å²) in [5, 5.41) is 12.6.